The van der Waals surface area contributed by atoms with Gasteiger partial charge in [-0.25, -0.2) is 9.97 Å². The molecule has 0 saturated carbocycles. The lowest BCUT2D eigenvalue weighted by Gasteiger charge is -1.97. The van der Waals surface area contributed by atoms with Gasteiger partial charge in [0.1, 0.15) is 17.8 Å². The molecule has 120 valence electrons. The fraction of sp³-hybridized carbons (Fsp3) is 0.100. The van der Waals surface area contributed by atoms with Crippen LogP contribution in [0.3, 0.4) is 0 Å². The van der Waals surface area contributed by atoms with Gasteiger partial charge in [-0.1, -0.05) is 0 Å². The number of halogens is 1. The number of aromatic amines is 1. The summed E-state index contributed by atoms with van der Waals surface area (Å²) in [4.78, 5) is 41.4. The van der Waals surface area contributed by atoms with E-state index in [0.29, 0.717) is 0 Å². The standard InChI is InChI=1S/C6H8N4O2.C4H6N4O.ClH/c1-3(11)10-2-9-4(5(10)7)6(8)12;5-3-2(4(6)9)7-1-8-3;/h2H,7H2,1H3,(H2,8,12);1H,5H2,(H2,6,9)(H,7,8);1H. The number of anilines is 2. The maximum Gasteiger partial charge on any atom is 0.271 e. The highest BCUT2D eigenvalue weighted by molar-refractivity contribution is 5.97. The van der Waals surface area contributed by atoms with Crippen molar-refractivity contribution in [3.63, 3.8) is 0 Å². The molecule has 0 fully saturated rings. The number of hydrogen-bond acceptors (Lipinski definition) is 7. The zero-order valence-electron chi connectivity index (χ0n) is 11.4. The summed E-state index contributed by atoms with van der Waals surface area (Å²) < 4.78 is 1.06. The number of H-pyrrole nitrogens is 1. The Kier molecular flexibility index (Phi) is 6.57. The van der Waals surface area contributed by atoms with Crippen LogP contribution < -0.4 is 22.9 Å². The smallest absolute Gasteiger partial charge is 0.271 e. The molecule has 0 aliphatic carbocycles. The Balaban J connectivity index is 0.000000397. The summed E-state index contributed by atoms with van der Waals surface area (Å²) in [6.07, 6.45) is 2.48. The first-order chi connectivity index (χ1) is 9.75. The molecule has 9 N–H and O–H groups in total. The van der Waals surface area contributed by atoms with Gasteiger partial charge in [-0.15, -0.1) is 12.4 Å². The van der Waals surface area contributed by atoms with Crippen molar-refractivity contribution in [3.8, 4) is 0 Å². The molecule has 2 rings (SSSR count). The van der Waals surface area contributed by atoms with E-state index >= 15 is 0 Å². The molecule has 0 saturated heterocycles. The van der Waals surface area contributed by atoms with Crippen LogP contribution in [0.15, 0.2) is 12.7 Å². The van der Waals surface area contributed by atoms with E-state index < -0.39 is 11.8 Å². The Morgan fingerprint density at radius 1 is 1.14 bits per heavy atom. The van der Waals surface area contributed by atoms with Crippen LogP contribution in [0.2, 0.25) is 0 Å². The largest absolute Gasteiger partial charge is 0.383 e. The number of amides is 2. The van der Waals surface area contributed by atoms with Gasteiger partial charge in [-0.05, 0) is 0 Å². The summed E-state index contributed by atoms with van der Waals surface area (Å²) >= 11 is 0. The number of nitrogens with zero attached hydrogens (tertiary/aromatic N) is 3. The van der Waals surface area contributed by atoms with Crippen LogP contribution in [-0.2, 0) is 0 Å². The van der Waals surface area contributed by atoms with Crippen molar-refractivity contribution < 1.29 is 14.4 Å². The Hall–Kier alpha value is -3.08. The lowest BCUT2D eigenvalue weighted by Crippen LogP contribution is -2.15. The lowest BCUT2D eigenvalue weighted by molar-refractivity contribution is 0.0937. The number of nitrogens with two attached hydrogens (primary N) is 4. The van der Waals surface area contributed by atoms with Gasteiger partial charge in [-0.2, -0.15) is 0 Å². The molecule has 0 aromatic carbocycles. The van der Waals surface area contributed by atoms with Crippen molar-refractivity contribution in [2.75, 3.05) is 11.5 Å². The SMILES string of the molecule is CC(=O)n1cnc(C(N)=O)c1N.Cl.NC(=O)c1[nH]cnc1N. The average Bonchev–Trinajstić information content (AvgIpc) is 2.95. The van der Waals surface area contributed by atoms with Crippen LogP contribution >= 0.6 is 12.4 Å². The molecule has 0 aliphatic heterocycles. The minimum absolute atomic E-state index is 0. The van der Waals surface area contributed by atoms with Crippen molar-refractivity contribution in [2.45, 2.75) is 6.92 Å². The highest BCUT2D eigenvalue weighted by Gasteiger charge is 2.13. The molecule has 0 bridgehead atoms. The number of rotatable bonds is 2. The molecule has 12 heteroatoms. The molecule has 22 heavy (non-hydrogen) atoms. The van der Waals surface area contributed by atoms with E-state index in [-0.39, 0.29) is 41.3 Å². The van der Waals surface area contributed by atoms with Crippen molar-refractivity contribution in [1.82, 2.24) is 19.5 Å². The zero-order chi connectivity index (χ0) is 16.2. The van der Waals surface area contributed by atoms with Crippen molar-refractivity contribution in [1.29, 1.82) is 0 Å². The number of nitrogens with one attached hydrogen (secondary N) is 1. The normalized spacial score (nSPS) is 9.14. The lowest BCUT2D eigenvalue weighted by atomic mass is 10.4. The first-order valence-electron chi connectivity index (χ1n) is 5.47. The van der Waals surface area contributed by atoms with Crippen LogP contribution in [0.5, 0.6) is 0 Å². The Morgan fingerprint density at radius 3 is 1.95 bits per heavy atom. The second kappa shape index (κ2) is 7.64. The molecule has 0 spiro atoms. The monoisotopic (exact) mass is 330 g/mol. The minimum atomic E-state index is -0.743. The number of imidazole rings is 2. The zero-order valence-corrected chi connectivity index (χ0v) is 12.3. The van der Waals surface area contributed by atoms with Gasteiger partial charge < -0.3 is 27.9 Å². The average molecular weight is 331 g/mol. The first-order valence-corrected chi connectivity index (χ1v) is 5.47. The van der Waals surface area contributed by atoms with E-state index in [1.807, 2.05) is 0 Å². The number of nitrogen functional groups attached to an aromatic ring is 2. The third-order valence-electron chi connectivity index (χ3n) is 2.29. The van der Waals surface area contributed by atoms with Crippen LogP contribution in [0.1, 0.15) is 32.7 Å². The summed E-state index contributed by atoms with van der Waals surface area (Å²) in [6, 6.07) is 0. The highest BCUT2D eigenvalue weighted by atomic mass is 35.5. The van der Waals surface area contributed by atoms with Gasteiger partial charge in [0.05, 0.1) is 6.33 Å². The topological polar surface area (TPSA) is 202 Å². The minimum Gasteiger partial charge on any atom is -0.383 e. The Morgan fingerprint density at radius 2 is 1.73 bits per heavy atom. The van der Waals surface area contributed by atoms with Gasteiger partial charge in [0.15, 0.2) is 11.5 Å². The van der Waals surface area contributed by atoms with Gasteiger partial charge in [0, 0.05) is 6.92 Å². The summed E-state index contributed by atoms with van der Waals surface area (Å²) in [7, 11) is 0. The Labute approximate surface area is 130 Å². The summed E-state index contributed by atoms with van der Waals surface area (Å²) in [5.74, 6) is -1.53. The number of aromatic nitrogens is 4. The molecular weight excluding hydrogens is 316 g/mol. The van der Waals surface area contributed by atoms with E-state index in [4.69, 9.17) is 22.9 Å². The molecule has 2 aromatic rings. The van der Waals surface area contributed by atoms with E-state index in [2.05, 4.69) is 15.0 Å². The van der Waals surface area contributed by atoms with E-state index in [1.54, 1.807) is 0 Å². The fourth-order valence-electron chi connectivity index (χ4n) is 1.30. The van der Waals surface area contributed by atoms with E-state index in [0.717, 1.165) is 10.9 Å². The van der Waals surface area contributed by atoms with Crippen LogP contribution in [-0.4, -0.2) is 37.2 Å². The van der Waals surface area contributed by atoms with Crippen LogP contribution in [0.25, 0.3) is 0 Å². The number of primary amides is 2. The molecular formula is C10H15ClN8O3. The summed E-state index contributed by atoms with van der Waals surface area (Å²) in [5.41, 5.74) is 20.5. The fourth-order valence-corrected chi connectivity index (χ4v) is 1.30. The van der Waals surface area contributed by atoms with Gasteiger partial charge in [0.2, 0.25) is 5.91 Å². The van der Waals surface area contributed by atoms with Crippen molar-refractivity contribution in [3.05, 3.63) is 24.0 Å². The second-order valence-corrected chi connectivity index (χ2v) is 3.76. The predicted molar refractivity (Wildman–Crippen MR) is 80.2 cm³/mol. The predicted octanol–water partition coefficient (Wildman–Crippen LogP) is -1.26. The third kappa shape index (κ3) is 4.21. The quantitative estimate of drug-likeness (QED) is 0.451. The molecule has 2 amide bonds. The number of carbonyl (C=O) groups excluding carboxylic acids is 3. The summed E-state index contributed by atoms with van der Waals surface area (Å²) in [6.45, 7) is 1.31. The van der Waals surface area contributed by atoms with Gasteiger partial charge >= 0.3 is 0 Å². The molecule has 0 unspecified atom stereocenters. The molecule has 2 aromatic heterocycles. The van der Waals surface area contributed by atoms with Gasteiger partial charge in [0.25, 0.3) is 11.8 Å². The molecule has 0 atom stereocenters. The van der Waals surface area contributed by atoms with E-state index in [1.165, 1.54) is 13.3 Å². The molecule has 0 radical (unpaired) electrons. The Bertz CT molecular complexity index is 661. The molecule has 2 heterocycles. The highest BCUT2D eigenvalue weighted by Crippen LogP contribution is 2.08. The maximum atomic E-state index is 10.8. The second-order valence-electron chi connectivity index (χ2n) is 3.76. The summed E-state index contributed by atoms with van der Waals surface area (Å²) in [5, 5.41) is 0. The third-order valence-corrected chi connectivity index (χ3v) is 2.29. The van der Waals surface area contributed by atoms with Crippen LogP contribution in [0, 0.1) is 0 Å². The molecule has 0 aliphatic rings. The molecule has 11 nitrogen and oxygen atoms in total. The maximum absolute atomic E-state index is 10.8. The van der Waals surface area contributed by atoms with E-state index in [9.17, 15) is 14.4 Å². The van der Waals surface area contributed by atoms with Crippen LogP contribution in [0.4, 0.5) is 11.6 Å². The first kappa shape index (κ1) is 18.9. The number of carbonyl (C=O) groups is 3. The van der Waals surface area contributed by atoms with Crippen molar-refractivity contribution >= 4 is 41.8 Å². The van der Waals surface area contributed by atoms with Gasteiger partial charge in [-0.3, -0.25) is 19.0 Å². The number of hydrogen-bond donors (Lipinski definition) is 5. The van der Waals surface area contributed by atoms with Crippen molar-refractivity contribution in [2.24, 2.45) is 11.5 Å².